The molecule has 0 saturated heterocycles. The molecule has 0 N–H and O–H groups in total. The van der Waals surface area contributed by atoms with E-state index in [4.69, 9.17) is 0 Å². The molecule has 2 heteroatoms. The van der Waals surface area contributed by atoms with Crippen molar-refractivity contribution in [3.8, 4) is 28.2 Å². The van der Waals surface area contributed by atoms with Gasteiger partial charge in [-0.05, 0) is 132 Å². The summed E-state index contributed by atoms with van der Waals surface area (Å²) in [5.41, 5.74) is 18.8. The van der Waals surface area contributed by atoms with Crippen molar-refractivity contribution >= 4 is 31.1 Å². The molecule has 51 heavy (non-hydrogen) atoms. The summed E-state index contributed by atoms with van der Waals surface area (Å²) in [6, 6.07) is 38.5. The van der Waals surface area contributed by atoms with Gasteiger partial charge in [-0.2, -0.15) is 0 Å². The number of benzene rings is 4. The number of para-hydroxylation sites is 1. The highest BCUT2D eigenvalue weighted by Gasteiger charge is 2.29. The van der Waals surface area contributed by atoms with Crippen molar-refractivity contribution in [2.75, 3.05) is 6.16 Å². The van der Waals surface area contributed by atoms with Crippen LogP contribution in [0.15, 0.2) is 145 Å². The first kappa shape index (κ1) is 34.7. The summed E-state index contributed by atoms with van der Waals surface area (Å²) >= 11 is 0. The predicted octanol–water partition coefficient (Wildman–Crippen LogP) is 13.2. The third kappa shape index (κ3) is 7.37. The molecule has 1 nitrogen and oxygen atoms in total. The average Bonchev–Trinajstić information content (AvgIpc) is 3.75. The Kier molecular flexibility index (Phi) is 10.7. The molecular formula is C49H50NP. The van der Waals surface area contributed by atoms with E-state index in [0.29, 0.717) is 5.92 Å². The smallest absolute Gasteiger partial charge is 0.0612 e. The van der Waals surface area contributed by atoms with Crippen LogP contribution < -0.4 is 5.30 Å². The lowest BCUT2D eigenvalue weighted by Gasteiger charge is -2.18. The van der Waals surface area contributed by atoms with Crippen LogP contribution in [0.25, 0.3) is 45.4 Å². The summed E-state index contributed by atoms with van der Waals surface area (Å²) in [5.74, 6) is 0.445. The second-order valence-corrected chi connectivity index (χ2v) is 15.6. The van der Waals surface area contributed by atoms with Crippen molar-refractivity contribution < 1.29 is 0 Å². The Bertz CT molecular complexity index is 2160. The lowest BCUT2D eigenvalue weighted by molar-refractivity contribution is 0.851. The number of aryl methyl sites for hydroxylation is 1. The van der Waals surface area contributed by atoms with Crippen molar-refractivity contribution in [1.82, 2.24) is 4.57 Å². The molecule has 256 valence electrons. The Morgan fingerprint density at radius 2 is 1.45 bits per heavy atom. The second-order valence-electron chi connectivity index (χ2n) is 14.3. The van der Waals surface area contributed by atoms with Crippen LogP contribution in [0.2, 0.25) is 0 Å². The minimum absolute atomic E-state index is 0.445. The number of allylic oxidation sites excluding steroid dienone is 9. The van der Waals surface area contributed by atoms with E-state index in [1.807, 2.05) is 0 Å². The van der Waals surface area contributed by atoms with Crippen LogP contribution in [0.4, 0.5) is 0 Å². The molecule has 1 aromatic heterocycles. The van der Waals surface area contributed by atoms with Crippen molar-refractivity contribution in [2.45, 2.75) is 60.3 Å². The van der Waals surface area contributed by atoms with Crippen LogP contribution in [0.3, 0.4) is 0 Å². The highest BCUT2D eigenvalue weighted by atomic mass is 31.1. The zero-order chi connectivity index (χ0) is 35.3. The molecule has 0 spiro atoms. The molecule has 2 aliphatic rings. The predicted molar refractivity (Wildman–Crippen MR) is 226 cm³/mol. The van der Waals surface area contributed by atoms with Gasteiger partial charge in [-0.3, -0.25) is 0 Å². The molecule has 0 amide bonds. The van der Waals surface area contributed by atoms with Crippen LogP contribution >= 0.6 is 8.58 Å². The van der Waals surface area contributed by atoms with Crippen molar-refractivity contribution in [2.24, 2.45) is 5.92 Å². The van der Waals surface area contributed by atoms with Gasteiger partial charge in [-0.1, -0.05) is 150 Å². The Morgan fingerprint density at radius 1 is 0.765 bits per heavy atom. The molecular weight excluding hydrogens is 634 g/mol. The summed E-state index contributed by atoms with van der Waals surface area (Å²) in [6.07, 6.45) is 19.3. The fraction of sp³-hybridized carbons (Fsp3) is 0.224. The molecule has 7 rings (SSSR count). The molecule has 1 aliphatic carbocycles. The number of aromatic nitrogens is 1. The van der Waals surface area contributed by atoms with E-state index in [1.54, 1.807) is 0 Å². The molecule has 5 aromatic rings. The number of rotatable bonds is 10. The van der Waals surface area contributed by atoms with Crippen LogP contribution in [-0.2, 0) is 6.42 Å². The average molecular weight is 684 g/mol. The highest BCUT2D eigenvalue weighted by molar-refractivity contribution is 7.48. The quantitative estimate of drug-likeness (QED) is 0.0784. The van der Waals surface area contributed by atoms with Crippen LogP contribution in [0.5, 0.6) is 0 Å². The molecule has 0 bridgehead atoms. The van der Waals surface area contributed by atoms with Gasteiger partial charge in [-0.15, -0.1) is 0 Å². The van der Waals surface area contributed by atoms with Crippen LogP contribution in [0, 0.1) is 12.8 Å². The first-order valence-corrected chi connectivity index (χ1v) is 19.9. The van der Waals surface area contributed by atoms with Crippen molar-refractivity contribution in [1.29, 1.82) is 0 Å². The molecule has 1 unspecified atom stereocenters. The van der Waals surface area contributed by atoms with Crippen LogP contribution in [-0.4, -0.2) is 10.7 Å². The standard InChI is InChI=1S/C49H50NP/c1-6-7-17-43(32-41-18-13-11-15-35(41)4)37-22-26-40(27-23-37)48-49-45(30-31-51-49)47(50(48)44-20-9-8-10-21-44)39-28-24-38(25-29-39)46(34(2)3)33-42-19-14-12-16-36(42)5/h6-13,15-16,18,20-29,32-34,51H,14,17,19,30-31H2,1-5H3/b7-6+,43-32+,46-33+. The van der Waals surface area contributed by atoms with Gasteiger partial charge in [0.25, 0.3) is 0 Å². The van der Waals surface area contributed by atoms with Crippen molar-refractivity contribution in [3.05, 3.63) is 172 Å². The zero-order valence-electron chi connectivity index (χ0n) is 30.8. The van der Waals surface area contributed by atoms with E-state index in [9.17, 15) is 0 Å². The molecule has 0 radical (unpaired) electrons. The van der Waals surface area contributed by atoms with Crippen molar-refractivity contribution in [3.63, 3.8) is 0 Å². The maximum atomic E-state index is 2.56. The van der Waals surface area contributed by atoms with Gasteiger partial charge in [0.1, 0.15) is 0 Å². The van der Waals surface area contributed by atoms with E-state index in [0.717, 1.165) is 34.3 Å². The van der Waals surface area contributed by atoms with Crippen LogP contribution in [0.1, 0.15) is 74.8 Å². The first-order valence-electron chi connectivity index (χ1n) is 18.7. The zero-order valence-corrected chi connectivity index (χ0v) is 31.8. The van der Waals surface area contributed by atoms with Gasteiger partial charge in [0.2, 0.25) is 0 Å². The largest absolute Gasteiger partial charge is 0.308 e. The maximum absolute atomic E-state index is 2.56. The molecule has 0 fully saturated rings. The molecule has 4 aromatic carbocycles. The Hall–Kier alpha value is -4.71. The first-order chi connectivity index (χ1) is 24.9. The monoisotopic (exact) mass is 683 g/mol. The summed E-state index contributed by atoms with van der Waals surface area (Å²) in [6.45, 7) is 11.2. The van der Waals surface area contributed by atoms with Gasteiger partial charge in [0, 0.05) is 11.0 Å². The number of hydrogen-bond acceptors (Lipinski definition) is 0. The number of nitrogens with zero attached hydrogens (tertiary/aromatic N) is 1. The SMILES string of the molecule is C/C=C/C/C(=C\c1ccccc1C)c1ccc(-c2c3c(c(-c4ccc(/C(=C/C5=C(C)C=CCC5)C(C)C)cc4)n2-c2ccccc2)CCP3)cc1. The minimum Gasteiger partial charge on any atom is -0.308 e. The molecule has 1 atom stereocenters. The topological polar surface area (TPSA) is 4.93 Å². The summed E-state index contributed by atoms with van der Waals surface area (Å²) in [7, 11) is 0.812. The van der Waals surface area contributed by atoms with Gasteiger partial charge in [0.15, 0.2) is 0 Å². The lowest BCUT2D eigenvalue weighted by atomic mass is 9.89. The van der Waals surface area contributed by atoms with E-state index in [-0.39, 0.29) is 0 Å². The summed E-state index contributed by atoms with van der Waals surface area (Å²) < 4.78 is 2.56. The van der Waals surface area contributed by atoms with E-state index in [2.05, 4.69) is 179 Å². The molecule has 0 saturated carbocycles. The fourth-order valence-electron chi connectivity index (χ4n) is 7.64. The van der Waals surface area contributed by atoms with E-state index in [1.165, 1.54) is 89.8 Å². The highest BCUT2D eigenvalue weighted by Crippen LogP contribution is 2.43. The van der Waals surface area contributed by atoms with Gasteiger partial charge in [0.05, 0.1) is 11.4 Å². The fourth-order valence-corrected chi connectivity index (χ4v) is 9.15. The molecule has 1 aliphatic heterocycles. The van der Waals surface area contributed by atoms with Gasteiger partial charge < -0.3 is 4.57 Å². The Labute approximate surface area is 307 Å². The second kappa shape index (κ2) is 15.7. The maximum Gasteiger partial charge on any atom is 0.0612 e. The van der Waals surface area contributed by atoms with E-state index >= 15 is 0 Å². The van der Waals surface area contributed by atoms with E-state index < -0.39 is 0 Å². The third-order valence-electron chi connectivity index (χ3n) is 10.5. The Balaban J connectivity index is 1.32. The van der Waals surface area contributed by atoms with Gasteiger partial charge in [-0.25, -0.2) is 0 Å². The van der Waals surface area contributed by atoms with Gasteiger partial charge >= 0.3 is 0 Å². The lowest BCUT2D eigenvalue weighted by Crippen LogP contribution is -2.04. The minimum atomic E-state index is 0.445. The number of hydrogen-bond donors (Lipinski definition) is 0. The third-order valence-corrected chi connectivity index (χ3v) is 11.9. The summed E-state index contributed by atoms with van der Waals surface area (Å²) in [5, 5.41) is 1.53. The Morgan fingerprint density at radius 3 is 2.14 bits per heavy atom. The molecule has 2 heterocycles. The number of fused-ring (bicyclic) bond motifs is 1. The normalized spacial score (nSPS) is 15.5. The summed E-state index contributed by atoms with van der Waals surface area (Å²) in [4.78, 5) is 0.